The summed E-state index contributed by atoms with van der Waals surface area (Å²) >= 11 is 0. The van der Waals surface area contributed by atoms with Crippen molar-refractivity contribution in [1.29, 1.82) is 0 Å². The van der Waals surface area contributed by atoms with Crippen LogP contribution in [0, 0.1) is 5.41 Å². The summed E-state index contributed by atoms with van der Waals surface area (Å²) in [5, 5.41) is 4.85. The molecule has 2 aliphatic carbocycles. The van der Waals surface area contributed by atoms with Crippen LogP contribution >= 0.6 is 0 Å². The average molecular weight is 570 g/mol. The van der Waals surface area contributed by atoms with Crippen LogP contribution in [0.25, 0.3) is 60.4 Å². The lowest BCUT2D eigenvalue weighted by atomic mass is 9.61. The lowest BCUT2D eigenvalue weighted by molar-refractivity contribution is 0.275. The highest BCUT2D eigenvalue weighted by Gasteiger charge is 2.52. The molecule has 0 aliphatic heterocycles. The van der Waals surface area contributed by atoms with Crippen LogP contribution in [0.3, 0.4) is 0 Å². The van der Waals surface area contributed by atoms with Crippen LogP contribution in [0.5, 0.6) is 0 Å². The molecule has 212 valence electrons. The van der Waals surface area contributed by atoms with Crippen molar-refractivity contribution in [2.75, 3.05) is 0 Å². The van der Waals surface area contributed by atoms with Crippen molar-refractivity contribution in [2.45, 2.75) is 32.6 Å². The van der Waals surface area contributed by atoms with Crippen LogP contribution in [0.4, 0.5) is 0 Å². The van der Waals surface area contributed by atoms with Crippen LogP contribution in [-0.4, -0.2) is 4.57 Å². The highest BCUT2D eigenvalue weighted by Crippen LogP contribution is 2.63. The molecule has 0 amide bonds. The van der Waals surface area contributed by atoms with Gasteiger partial charge in [-0.1, -0.05) is 106 Å². The van der Waals surface area contributed by atoms with Gasteiger partial charge in [0.2, 0.25) is 0 Å². The van der Waals surface area contributed by atoms with Gasteiger partial charge in [0.25, 0.3) is 0 Å². The first-order chi connectivity index (χ1) is 21.3. The molecule has 2 aliphatic rings. The zero-order valence-corrected chi connectivity index (χ0v) is 25.0. The molecule has 0 fully saturated rings. The second-order valence-electron chi connectivity index (χ2n) is 13.2. The molecule has 0 saturated heterocycles. The maximum atomic E-state index is 13.1. The molecule has 5 aromatic carbocycles. The Labute approximate surface area is 255 Å². The third-order valence-corrected chi connectivity index (χ3v) is 10.8. The fraction of sp³-hybridized carbons (Fsp3) is 0.146. The molecule has 3 nitrogen and oxygen atoms in total. The SMILES string of the molecule is CC12CC(c3ccc4c(c3)c3ccccc3n4-c3ccc4c(c3)c(=O)oc3ccccc34)=CC=C1c1ccccc1C2(C)C. The first kappa shape index (κ1) is 25.4. The summed E-state index contributed by atoms with van der Waals surface area (Å²) in [7, 11) is 0. The van der Waals surface area contributed by atoms with Crippen molar-refractivity contribution in [3.05, 3.63) is 148 Å². The number of fused-ring (bicyclic) bond motifs is 9. The number of aromatic nitrogens is 1. The summed E-state index contributed by atoms with van der Waals surface area (Å²) in [6.45, 7) is 7.24. The van der Waals surface area contributed by atoms with E-state index in [0.29, 0.717) is 11.0 Å². The van der Waals surface area contributed by atoms with Gasteiger partial charge in [0.05, 0.1) is 16.4 Å². The number of hydrogen-bond donors (Lipinski definition) is 0. The highest BCUT2D eigenvalue weighted by molar-refractivity contribution is 6.11. The summed E-state index contributed by atoms with van der Waals surface area (Å²) in [5.74, 6) is 0. The summed E-state index contributed by atoms with van der Waals surface area (Å²) in [4.78, 5) is 13.1. The van der Waals surface area contributed by atoms with E-state index in [4.69, 9.17) is 4.42 Å². The first-order valence-electron chi connectivity index (χ1n) is 15.4. The Morgan fingerprint density at radius 3 is 2.30 bits per heavy atom. The second-order valence-corrected chi connectivity index (χ2v) is 13.2. The van der Waals surface area contributed by atoms with Crippen molar-refractivity contribution in [1.82, 2.24) is 4.57 Å². The van der Waals surface area contributed by atoms with Gasteiger partial charge in [-0.2, -0.15) is 0 Å². The average Bonchev–Trinajstić information content (AvgIpc) is 3.46. The van der Waals surface area contributed by atoms with Gasteiger partial charge in [-0.3, -0.25) is 0 Å². The predicted octanol–water partition coefficient (Wildman–Crippen LogP) is 10.2. The van der Waals surface area contributed by atoms with Gasteiger partial charge in [0, 0.05) is 38.1 Å². The molecule has 0 radical (unpaired) electrons. The zero-order chi connectivity index (χ0) is 29.8. The Kier molecular flexibility index (Phi) is 5.02. The van der Waals surface area contributed by atoms with Crippen molar-refractivity contribution in [2.24, 2.45) is 5.41 Å². The van der Waals surface area contributed by atoms with Gasteiger partial charge < -0.3 is 8.98 Å². The molecular formula is C41H31NO2. The molecule has 44 heavy (non-hydrogen) atoms. The van der Waals surface area contributed by atoms with E-state index in [-0.39, 0.29) is 16.5 Å². The Morgan fingerprint density at radius 1 is 0.659 bits per heavy atom. The summed E-state index contributed by atoms with van der Waals surface area (Å²) < 4.78 is 7.97. The van der Waals surface area contributed by atoms with E-state index >= 15 is 0 Å². The van der Waals surface area contributed by atoms with Gasteiger partial charge in [-0.05, 0) is 70.7 Å². The van der Waals surface area contributed by atoms with E-state index in [9.17, 15) is 4.79 Å². The van der Waals surface area contributed by atoms with Crippen molar-refractivity contribution >= 4 is 54.7 Å². The number of rotatable bonds is 2. The van der Waals surface area contributed by atoms with E-state index < -0.39 is 0 Å². The molecule has 0 N–H and O–H groups in total. The molecule has 9 rings (SSSR count). The molecule has 1 unspecified atom stereocenters. The summed E-state index contributed by atoms with van der Waals surface area (Å²) in [5.41, 5.74) is 10.4. The molecule has 0 spiro atoms. The number of nitrogens with zero attached hydrogens (tertiary/aromatic N) is 1. The largest absolute Gasteiger partial charge is 0.422 e. The van der Waals surface area contributed by atoms with Crippen LogP contribution in [0.15, 0.2) is 131 Å². The minimum Gasteiger partial charge on any atom is -0.422 e. The number of allylic oxidation sites excluding steroid dienone is 4. The smallest absolute Gasteiger partial charge is 0.344 e. The maximum absolute atomic E-state index is 13.1. The van der Waals surface area contributed by atoms with E-state index in [1.165, 1.54) is 38.6 Å². The molecule has 0 saturated carbocycles. The van der Waals surface area contributed by atoms with Gasteiger partial charge in [0.1, 0.15) is 5.58 Å². The van der Waals surface area contributed by atoms with E-state index in [1.807, 2.05) is 30.3 Å². The molecule has 3 heteroatoms. The molecule has 0 bridgehead atoms. The standard InChI is InChI=1S/C41H31NO2/c1-40(2)34-13-7-4-12-31(34)35-20-16-26(24-41(35,40)3)25-17-21-37-32(22-25)29-10-5-8-14-36(29)42(37)27-18-19-28-30-11-6-9-15-38(30)44-39(43)33(28)23-27/h4-23H,24H2,1-3H3. The van der Waals surface area contributed by atoms with Gasteiger partial charge in [-0.25, -0.2) is 4.79 Å². The first-order valence-corrected chi connectivity index (χ1v) is 15.4. The van der Waals surface area contributed by atoms with Crippen molar-refractivity contribution < 1.29 is 4.42 Å². The van der Waals surface area contributed by atoms with Gasteiger partial charge in [0.15, 0.2) is 0 Å². The fourth-order valence-electron chi connectivity index (χ4n) is 8.06. The molecular weight excluding hydrogens is 538 g/mol. The quantitative estimate of drug-likeness (QED) is 0.153. The van der Waals surface area contributed by atoms with Crippen molar-refractivity contribution in [3.63, 3.8) is 0 Å². The summed E-state index contributed by atoms with van der Waals surface area (Å²) in [6, 6.07) is 38.2. The number of benzene rings is 5. The lowest BCUT2D eigenvalue weighted by Crippen LogP contribution is -2.35. The van der Waals surface area contributed by atoms with Crippen molar-refractivity contribution in [3.8, 4) is 5.69 Å². The Morgan fingerprint density at radius 2 is 1.41 bits per heavy atom. The lowest BCUT2D eigenvalue weighted by Gasteiger charge is -2.42. The third-order valence-electron chi connectivity index (χ3n) is 10.8. The topological polar surface area (TPSA) is 35.1 Å². The van der Waals surface area contributed by atoms with Crippen LogP contribution in [-0.2, 0) is 5.41 Å². The minimum absolute atomic E-state index is 0.0140. The van der Waals surface area contributed by atoms with Crippen LogP contribution in [0.1, 0.15) is 43.9 Å². The monoisotopic (exact) mass is 569 g/mol. The second kappa shape index (κ2) is 8.70. The van der Waals surface area contributed by atoms with Gasteiger partial charge >= 0.3 is 5.63 Å². The highest BCUT2D eigenvalue weighted by atomic mass is 16.4. The molecule has 2 aromatic heterocycles. The van der Waals surface area contributed by atoms with E-state index in [1.54, 1.807) is 0 Å². The minimum atomic E-state index is -0.314. The van der Waals surface area contributed by atoms with Crippen LogP contribution < -0.4 is 5.63 Å². The number of para-hydroxylation sites is 2. The third kappa shape index (κ3) is 3.24. The van der Waals surface area contributed by atoms with E-state index in [2.05, 4.69) is 116 Å². The molecule has 1 atom stereocenters. The fourth-order valence-corrected chi connectivity index (χ4v) is 8.06. The zero-order valence-electron chi connectivity index (χ0n) is 25.0. The number of hydrogen-bond acceptors (Lipinski definition) is 2. The van der Waals surface area contributed by atoms with Gasteiger partial charge in [-0.15, -0.1) is 0 Å². The Bertz CT molecular complexity index is 2490. The Hall–Kier alpha value is -5.15. The van der Waals surface area contributed by atoms with E-state index in [0.717, 1.165) is 33.9 Å². The van der Waals surface area contributed by atoms with Crippen LogP contribution in [0.2, 0.25) is 0 Å². The normalized spacial score (nSPS) is 18.9. The predicted molar refractivity (Wildman–Crippen MR) is 182 cm³/mol. The summed E-state index contributed by atoms with van der Waals surface area (Å²) in [6.07, 6.45) is 5.69. The Balaban J connectivity index is 1.21. The molecule has 2 heterocycles. The molecule has 7 aromatic rings. The maximum Gasteiger partial charge on any atom is 0.344 e.